The summed E-state index contributed by atoms with van der Waals surface area (Å²) in [5.74, 6) is 0.701. The van der Waals surface area contributed by atoms with Gasteiger partial charge in [0.25, 0.3) is 11.8 Å². The van der Waals surface area contributed by atoms with Crippen molar-refractivity contribution >= 4 is 35.2 Å². The molecule has 0 saturated heterocycles. The summed E-state index contributed by atoms with van der Waals surface area (Å²) in [6.07, 6.45) is 1.61. The Balaban J connectivity index is 1.46. The van der Waals surface area contributed by atoms with Crippen molar-refractivity contribution in [2.45, 2.75) is 6.54 Å². The number of halogens is 1. The molecule has 0 bridgehead atoms. The first-order valence-corrected chi connectivity index (χ1v) is 9.91. The minimum absolute atomic E-state index is 0.145. The average molecular weight is 435 g/mol. The lowest BCUT2D eigenvalue weighted by molar-refractivity contribution is -0.115. The standard InChI is InChI=1S/C24H19ClN2O4/c1-30-19-8-5-15(6-9-19)14-26-23(28)17-7-10-21-20(13-17)27-24(29)22(31-21)12-16-3-2-4-18(25)11-16/h2-13H,14H2,1H3,(H,26,28)(H,27,29). The van der Waals surface area contributed by atoms with Crippen LogP contribution in [0.25, 0.3) is 6.08 Å². The van der Waals surface area contributed by atoms with Crippen molar-refractivity contribution in [2.24, 2.45) is 0 Å². The number of hydrogen-bond donors (Lipinski definition) is 2. The number of carbonyl (C=O) groups excluding carboxylic acids is 2. The van der Waals surface area contributed by atoms with Crippen LogP contribution in [-0.2, 0) is 11.3 Å². The summed E-state index contributed by atoms with van der Waals surface area (Å²) in [7, 11) is 1.60. The van der Waals surface area contributed by atoms with Gasteiger partial charge in [-0.25, -0.2) is 0 Å². The Hall–Kier alpha value is -3.77. The van der Waals surface area contributed by atoms with E-state index < -0.39 is 5.91 Å². The zero-order valence-electron chi connectivity index (χ0n) is 16.6. The van der Waals surface area contributed by atoms with Gasteiger partial charge in [0.15, 0.2) is 11.5 Å². The highest BCUT2D eigenvalue weighted by Gasteiger charge is 2.23. The van der Waals surface area contributed by atoms with Crippen molar-refractivity contribution in [3.8, 4) is 11.5 Å². The van der Waals surface area contributed by atoms with Gasteiger partial charge in [0.2, 0.25) is 0 Å². The van der Waals surface area contributed by atoms with E-state index in [4.69, 9.17) is 21.1 Å². The molecule has 1 heterocycles. The molecule has 0 atom stereocenters. The first-order chi connectivity index (χ1) is 15.0. The fourth-order valence-electron chi connectivity index (χ4n) is 3.08. The molecule has 156 valence electrons. The maximum absolute atomic E-state index is 12.5. The fraction of sp³-hybridized carbons (Fsp3) is 0.0833. The van der Waals surface area contributed by atoms with Gasteiger partial charge in [-0.05, 0) is 59.7 Å². The molecule has 6 nitrogen and oxygen atoms in total. The number of anilines is 1. The van der Waals surface area contributed by atoms with E-state index in [0.29, 0.717) is 28.6 Å². The third-order valence-electron chi connectivity index (χ3n) is 4.69. The van der Waals surface area contributed by atoms with Crippen LogP contribution in [0, 0.1) is 0 Å². The number of benzene rings is 3. The quantitative estimate of drug-likeness (QED) is 0.573. The van der Waals surface area contributed by atoms with Crippen molar-refractivity contribution in [3.05, 3.63) is 94.2 Å². The number of hydrogen-bond acceptors (Lipinski definition) is 4. The van der Waals surface area contributed by atoms with Crippen molar-refractivity contribution in [1.29, 1.82) is 0 Å². The van der Waals surface area contributed by atoms with Crippen molar-refractivity contribution in [3.63, 3.8) is 0 Å². The van der Waals surface area contributed by atoms with Crippen molar-refractivity contribution in [2.75, 3.05) is 12.4 Å². The zero-order valence-corrected chi connectivity index (χ0v) is 17.4. The van der Waals surface area contributed by atoms with E-state index in [9.17, 15) is 9.59 Å². The Labute approximate surface area is 184 Å². The van der Waals surface area contributed by atoms with E-state index in [1.807, 2.05) is 30.3 Å². The van der Waals surface area contributed by atoms with Crippen molar-refractivity contribution in [1.82, 2.24) is 5.32 Å². The highest BCUT2D eigenvalue weighted by atomic mass is 35.5. The van der Waals surface area contributed by atoms with Gasteiger partial charge in [-0.2, -0.15) is 0 Å². The lowest BCUT2D eigenvalue weighted by Crippen LogP contribution is -2.25. The van der Waals surface area contributed by atoms with Gasteiger partial charge < -0.3 is 20.1 Å². The normalized spacial score (nSPS) is 13.7. The SMILES string of the molecule is COc1ccc(CNC(=O)c2ccc3c(c2)NC(=O)C(=Cc2cccc(Cl)c2)O3)cc1. The predicted molar refractivity (Wildman–Crippen MR) is 119 cm³/mol. The first kappa shape index (κ1) is 20.5. The minimum Gasteiger partial charge on any atom is -0.497 e. The molecule has 0 aromatic heterocycles. The van der Waals surface area contributed by atoms with Gasteiger partial charge >= 0.3 is 0 Å². The average Bonchev–Trinajstić information content (AvgIpc) is 2.78. The molecule has 3 aromatic rings. The van der Waals surface area contributed by atoms with Gasteiger partial charge in [-0.1, -0.05) is 35.9 Å². The van der Waals surface area contributed by atoms with Gasteiger partial charge in [0.05, 0.1) is 12.8 Å². The number of methoxy groups -OCH3 is 1. The van der Waals surface area contributed by atoms with Crippen LogP contribution in [0.4, 0.5) is 5.69 Å². The second-order valence-electron chi connectivity index (χ2n) is 6.86. The monoisotopic (exact) mass is 434 g/mol. The minimum atomic E-state index is -0.400. The van der Waals surface area contributed by atoms with Gasteiger partial charge in [-0.3, -0.25) is 9.59 Å². The molecule has 1 aliphatic heterocycles. The predicted octanol–water partition coefficient (Wildman–Crippen LogP) is 4.65. The summed E-state index contributed by atoms with van der Waals surface area (Å²) >= 11 is 5.99. The third kappa shape index (κ3) is 4.87. The van der Waals surface area contributed by atoms with Gasteiger partial charge in [-0.15, -0.1) is 0 Å². The topological polar surface area (TPSA) is 76.7 Å². The number of nitrogens with one attached hydrogen (secondary N) is 2. The molecule has 7 heteroatoms. The Morgan fingerprint density at radius 2 is 1.94 bits per heavy atom. The van der Waals surface area contributed by atoms with E-state index in [0.717, 1.165) is 16.9 Å². The second-order valence-corrected chi connectivity index (χ2v) is 7.30. The van der Waals surface area contributed by atoms with Crippen LogP contribution in [-0.4, -0.2) is 18.9 Å². The first-order valence-electron chi connectivity index (χ1n) is 9.53. The molecule has 0 fully saturated rings. The summed E-state index contributed by atoms with van der Waals surface area (Å²) in [5, 5.41) is 6.19. The maximum Gasteiger partial charge on any atom is 0.291 e. The molecule has 31 heavy (non-hydrogen) atoms. The molecule has 0 spiro atoms. The van der Waals surface area contributed by atoms with Crippen LogP contribution in [0.3, 0.4) is 0 Å². The van der Waals surface area contributed by atoms with Crippen LogP contribution in [0.1, 0.15) is 21.5 Å². The molecule has 0 saturated carbocycles. The lowest BCUT2D eigenvalue weighted by atomic mass is 10.1. The Bertz CT molecular complexity index is 1170. The van der Waals surface area contributed by atoms with E-state index >= 15 is 0 Å². The molecule has 3 aromatic carbocycles. The van der Waals surface area contributed by atoms with Crippen LogP contribution in [0.5, 0.6) is 11.5 Å². The van der Waals surface area contributed by atoms with E-state index in [1.165, 1.54) is 0 Å². The van der Waals surface area contributed by atoms with Gasteiger partial charge in [0, 0.05) is 17.1 Å². The summed E-state index contributed by atoms with van der Waals surface area (Å²) in [4.78, 5) is 25.0. The number of fused-ring (bicyclic) bond motifs is 1. The fourth-order valence-corrected chi connectivity index (χ4v) is 3.28. The number of rotatable bonds is 5. The third-order valence-corrected chi connectivity index (χ3v) is 4.93. The number of amides is 2. The second kappa shape index (κ2) is 8.93. The van der Waals surface area contributed by atoms with Crippen LogP contribution in [0.2, 0.25) is 5.02 Å². The lowest BCUT2D eigenvalue weighted by Gasteiger charge is -2.20. The number of ether oxygens (including phenoxy) is 2. The Morgan fingerprint density at radius 1 is 1.13 bits per heavy atom. The number of carbonyl (C=O) groups is 2. The molecule has 4 rings (SSSR count). The summed E-state index contributed by atoms with van der Waals surface area (Å²) < 4.78 is 10.9. The van der Waals surface area contributed by atoms with Crippen LogP contribution < -0.4 is 20.1 Å². The molecule has 1 aliphatic rings. The highest BCUT2D eigenvalue weighted by Crippen LogP contribution is 2.32. The molecule has 0 aliphatic carbocycles. The molecular formula is C24H19ClN2O4. The van der Waals surface area contributed by atoms with Gasteiger partial charge in [0.1, 0.15) is 5.75 Å². The Morgan fingerprint density at radius 3 is 2.68 bits per heavy atom. The summed E-state index contributed by atoms with van der Waals surface area (Å²) in [5.41, 5.74) is 2.54. The summed E-state index contributed by atoms with van der Waals surface area (Å²) in [6, 6.07) is 19.4. The summed E-state index contributed by atoms with van der Waals surface area (Å²) in [6.45, 7) is 0.370. The van der Waals surface area contributed by atoms with E-state index in [-0.39, 0.29) is 11.7 Å². The van der Waals surface area contributed by atoms with E-state index in [2.05, 4.69) is 10.6 Å². The highest BCUT2D eigenvalue weighted by molar-refractivity contribution is 6.30. The molecule has 2 amide bonds. The molecule has 0 radical (unpaired) electrons. The Kier molecular flexibility index (Phi) is 5.91. The maximum atomic E-state index is 12.5. The van der Waals surface area contributed by atoms with E-state index in [1.54, 1.807) is 49.6 Å². The smallest absolute Gasteiger partial charge is 0.291 e. The van der Waals surface area contributed by atoms with Crippen LogP contribution >= 0.6 is 11.6 Å². The molecule has 2 N–H and O–H groups in total. The largest absolute Gasteiger partial charge is 0.497 e. The van der Waals surface area contributed by atoms with Crippen LogP contribution in [0.15, 0.2) is 72.5 Å². The van der Waals surface area contributed by atoms with Crippen molar-refractivity contribution < 1.29 is 19.1 Å². The zero-order chi connectivity index (χ0) is 21.8. The molecular weight excluding hydrogens is 416 g/mol. The molecule has 0 unspecified atom stereocenters.